The van der Waals surface area contributed by atoms with E-state index in [0.29, 0.717) is 0 Å². The maximum absolute atomic E-state index is 5.94. The van der Waals surface area contributed by atoms with Crippen molar-refractivity contribution in [3.8, 4) is 36.1 Å². The number of ether oxygens (including phenoxy) is 1. The smallest absolute Gasteiger partial charge is 0.119 e. The van der Waals surface area contributed by atoms with Crippen LogP contribution in [-0.4, -0.2) is 11.2 Å². The van der Waals surface area contributed by atoms with Gasteiger partial charge in [0.05, 0.1) is 17.6 Å². The van der Waals surface area contributed by atoms with E-state index < -0.39 is 0 Å². The summed E-state index contributed by atoms with van der Waals surface area (Å²) in [6.45, 7) is 3.00. The first-order chi connectivity index (χ1) is 15.2. The van der Waals surface area contributed by atoms with E-state index in [1.165, 1.54) is 25.7 Å². The van der Waals surface area contributed by atoms with Gasteiger partial charge in [-0.05, 0) is 67.1 Å². The predicted molar refractivity (Wildman–Crippen MR) is 131 cm³/mol. The molecule has 31 heavy (non-hydrogen) atoms. The molecule has 0 aliphatic heterocycles. The summed E-state index contributed by atoms with van der Waals surface area (Å²) in [6, 6.07) is 20.6. The molecule has 2 nitrogen and oxygen atoms in total. The molecule has 4 aromatic rings. The molecule has 0 unspecified atom stereocenters. The molecule has 0 atom stereocenters. The van der Waals surface area contributed by atoms with Crippen LogP contribution >= 0.6 is 0 Å². The van der Waals surface area contributed by atoms with Crippen LogP contribution in [0.3, 0.4) is 0 Å². The van der Waals surface area contributed by atoms with Crippen LogP contribution in [0.4, 0.5) is 0 Å². The minimum Gasteiger partial charge on any atom is -0.494 e. The molecule has 0 aliphatic rings. The minimum atomic E-state index is 0.766. The van der Waals surface area contributed by atoms with Gasteiger partial charge in [0.15, 0.2) is 0 Å². The van der Waals surface area contributed by atoms with Gasteiger partial charge in [-0.15, -0.1) is 12.8 Å². The van der Waals surface area contributed by atoms with Crippen LogP contribution in [0.2, 0.25) is 0 Å². The minimum absolute atomic E-state index is 0.766. The number of aromatic nitrogens is 1. The molecule has 0 amide bonds. The maximum Gasteiger partial charge on any atom is 0.119 e. The molecular weight excluding hydrogens is 378 g/mol. The van der Waals surface area contributed by atoms with E-state index in [4.69, 9.17) is 17.6 Å². The Labute approximate surface area is 184 Å². The van der Waals surface area contributed by atoms with Gasteiger partial charge in [0.1, 0.15) is 5.75 Å². The van der Waals surface area contributed by atoms with Crippen molar-refractivity contribution in [1.82, 2.24) is 4.57 Å². The van der Waals surface area contributed by atoms with Crippen molar-refractivity contribution in [2.24, 2.45) is 0 Å². The summed E-state index contributed by atoms with van der Waals surface area (Å²) in [5, 5.41) is 2.21. The third-order valence-electron chi connectivity index (χ3n) is 5.71. The Bertz CT molecular complexity index is 1210. The SMILES string of the molecule is C#Cc1ccc2c(c1)c1cc(C#C)ccc1n2-c1ccc(OCCCCCCC)cc1. The van der Waals surface area contributed by atoms with Crippen molar-refractivity contribution in [1.29, 1.82) is 0 Å². The molecule has 0 N–H and O–H groups in total. The fourth-order valence-electron chi connectivity index (χ4n) is 4.07. The van der Waals surface area contributed by atoms with Crippen molar-refractivity contribution >= 4 is 21.8 Å². The largest absolute Gasteiger partial charge is 0.494 e. The average Bonchev–Trinajstić information content (AvgIpc) is 3.14. The number of nitrogens with zero attached hydrogens (tertiary/aromatic N) is 1. The van der Waals surface area contributed by atoms with Gasteiger partial charge in [0.25, 0.3) is 0 Å². The highest BCUT2D eigenvalue weighted by molar-refractivity contribution is 6.10. The van der Waals surface area contributed by atoms with Crippen LogP contribution in [0.1, 0.15) is 50.2 Å². The lowest BCUT2D eigenvalue weighted by Crippen LogP contribution is -1.98. The summed E-state index contributed by atoms with van der Waals surface area (Å²) in [7, 11) is 0. The van der Waals surface area contributed by atoms with Crippen molar-refractivity contribution in [2.75, 3.05) is 6.61 Å². The molecule has 1 heterocycles. The third kappa shape index (κ3) is 4.30. The van der Waals surface area contributed by atoms with Crippen LogP contribution in [0, 0.1) is 24.7 Å². The summed E-state index contributed by atoms with van der Waals surface area (Å²) in [5.74, 6) is 6.38. The third-order valence-corrected chi connectivity index (χ3v) is 5.71. The van der Waals surface area contributed by atoms with Gasteiger partial charge in [-0.2, -0.15) is 0 Å². The number of fused-ring (bicyclic) bond motifs is 3. The average molecular weight is 406 g/mol. The highest BCUT2D eigenvalue weighted by Gasteiger charge is 2.13. The molecule has 0 fully saturated rings. The first kappa shape index (κ1) is 20.6. The van der Waals surface area contributed by atoms with Gasteiger partial charge in [-0.3, -0.25) is 0 Å². The number of hydrogen-bond acceptors (Lipinski definition) is 1. The van der Waals surface area contributed by atoms with Gasteiger partial charge in [-0.25, -0.2) is 0 Å². The molecule has 4 rings (SSSR count). The van der Waals surface area contributed by atoms with E-state index in [9.17, 15) is 0 Å². The lowest BCUT2D eigenvalue weighted by Gasteiger charge is -2.10. The molecule has 0 spiro atoms. The fourth-order valence-corrected chi connectivity index (χ4v) is 4.07. The molecule has 0 saturated heterocycles. The van der Waals surface area contributed by atoms with E-state index in [2.05, 4.69) is 59.7 Å². The topological polar surface area (TPSA) is 14.2 Å². The molecule has 1 aromatic heterocycles. The fraction of sp³-hybridized carbons (Fsp3) is 0.241. The van der Waals surface area contributed by atoms with Gasteiger partial charge in [0, 0.05) is 27.6 Å². The Balaban J connectivity index is 1.66. The quantitative estimate of drug-likeness (QED) is 0.225. The van der Waals surface area contributed by atoms with E-state index in [-0.39, 0.29) is 0 Å². The van der Waals surface area contributed by atoms with Crippen molar-refractivity contribution < 1.29 is 4.74 Å². The summed E-state index contributed by atoms with van der Waals surface area (Å²) < 4.78 is 8.19. The second-order valence-corrected chi connectivity index (χ2v) is 7.84. The molecule has 0 bridgehead atoms. The standard InChI is InChI=1S/C29H27NO/c1-4-7-8-9-10-19-31-25-15-13-24(14-16-25)30-28-17-11-22(5-2)20-26(28)27-21-23(6-3)12-18-29(27)30/h2-3,11-18,20-21H,4,7-10,19H2,1H3. The summed E-state index contributed by atoms with van der Waals surface area (Å²) in [4.78, 5) is 0. The normalized spacial score (nSPS) is 10.8. The van der Waals surface area contributed by atoms with Gasteiger partial charge in [-0.1, -0.05) is 44.4 Å². The van der Waals surface area contributed by atoms with Crippen LogP contribution in [0.25, 0.3) is 27.5 Å². The molecule has 2 heteroatoms. The van der Waals surface area contributed by atoms with E-state index in [1.807, 2.05) is 24.3 Å². The van der Waals surface area contributed by atoms with Gasteiger partial charge >= 0.3 is 0 Å². The molecule has 0 radical (unpaired) electrons. The van der Waals surface area contributed by atoms with Gasteiger partial charge < -0.3 is 9.30 Å². The first-order valence-corrected chi connectivity index (χ1v) is 11.0. The Hall–Kier alpha value is -3.62. The van der Waals surface area contributed by atoms with E-state index in [0.717, 1.165) is 57.4 Å². The first-order valence-electron chi connectivity index (χ1n) is 11.0. The highest BCUT2D eigenvalue weighted by Crippen LogP contribution is 2.33. The Kier molecular flexibility index (Phi) is 6.30. The van der Waals surface area contributed by atoms with Crippen molar-refractivity contribution in [3.05, 3.63) is 71.8 Å². The number of rotatable bonds is 8. The Morgan fingerprint density at radius 1 is 0.742 bits per heavy atom. The number of unbranched alkanes of at least 4 members (excludes halogenated alkanes) is 4. The second kappa shape index (κ2) is 9.46. The molecule has 154 valence electrons. The van der Waals surface area contributed by atoms with E-state index in [1.54, 1.807) is 0 Å². The predicted octanol–water partition coefficient (Wildman–Crippen LogP) is 7.10. The Morgan fingerprint density at radius 2 is 1.32 bits per heavy atom. The van der Waals surface area contributed by atoms with Crippen molar-refractivity contribution in [3.63, 3.8) is 0 Å². The number of hydrogen-bond donors (Lipinski definition) is 0. The zero-order valence-electron chi connectivity index (χ0n) is 18.0. The monoisotopic (exact) mass is 405 g/mol. The highest BCUT2D eigenvalue weighted by atomic mass is 16.5. The molecular formula is C29H27NO. The Morgan fingerprint density at radius 3 is 1.87 bits per heavy atom. The van der Waals surface area contributed by atoms with Gasteiger partial charge in [0.2, 0.25) is 0 Å². The molecule has 0 saturated carbocycles. The van der Waals surface area contributed by atoms with Crippen LogP contribution in [0.5, 0.6) is 5.75 Å². The van der Waals surface area contributed by atoms with Crippen LogP contribution in [-0.2, 0) is 0 Å². The number of benzene rings is 3. The number of terminal acetylenes is 2. The van der Waals surface area contributed by atoms with Crippen LogP contribution in [0.15, 0.2) is 60.7 Å². The van der Waals surface area contributed by atoms with Crippen LogP contribution < -0.4 is 4.74 Å². The maximum atomic E-state index is 5.94. The zero-order valence-corrected chi connectivity index (χ0v) is 18.0. The summed E-state index contributed by atoms with van der Waals surface area (Å²) in [5.41, 5.74) is 5.01. The van der Waals surface area contributed by atoms with E-state index >= 15 is 0 Å². The zero-order chi connectivity index (χ0) is 21.6. The lowest BCUT2D eigenvalue weighted by atomic mass is 10.1. The summed E-state index contributed by atoms with van der Waals surface area (Å²) in [6.07, 6.45) is 17.5. The second-order valence-electron chi connectivity index (χ2n) is 7.84. The van der Waals surface area contributed by atoms with Crippen molar-refractivity contribution in [2.45, 2.75) is 39.0 Å². The lowest BCUT2D eigenvalue weighted by molar-refractivity contribution is 0.304. The molecule has 3 aromatic carbocycles. The molecule has 0 aliphatic carbocycles. The summed E-state index contributed by atoms with van der Waals surface area (Å²) >= 11 is 0.